The third kappa shape index (κ3) is 2.99. The van der Waals surface area contributed by atoms with E-state index in [0.29, 0.717) is 12.2 Å². The molecule has 0 amide bonds. The zero-order chi connectivity index (χ0) is 17.5. The van der Waals surface area contributed by atoms with E-state index < -0.39 is 5.97 Å². The molecule has 0 bridgehead atoms. The van der Waals surface area contributed by atoms with Crippen LogP contribution in [0, 0.1) is 12.3 Å². The van der Waals surface area contributed by atoms with Gasteiger partial charge in [0.1, 0.15) is 0 Å². The van der Waals surface area contributed by atoms with Crippen LogP contribution >= 0.6 is 11.3 Å². The first-order valence-corrected chi connectivity index (χ1v) is 8.94. The molecule has 128 valence electrons. The van der Waals surface area contributed by atoms with E-state index in [9.17, 15) is 9.90 Å². The molecule has 24 heavy (non-hydrogen) atoms. The van der Waals surface area contributed by atoms with Crippen LogP contribution in [-0.2, 0) is 24.3 Å². The molecular formula is C19H23NO3S. The Kier molecular flexibility index (Phi) is 4.51. The summed E-state index contributed by atoms with van der Waals surface area (Å²) in [5, 5.41) is 9.87. The maximum absolute atomic E-state index is 12.0. The Morgan fingerprint density at radius 2 is 2.17 bits per heavy atom. The van der Waals surface area contributed by atoms with Crippen molar-refractivity contribution in [2.75, 3.05) is 0 Å². The summed E-state index contributed by atoms with van der Waals surface area (Å²) in [5.74, 6) is 4.38. The number of benzene rings is 1. The third-order valence-corrected chi connectivity index (χ3v) is 6.24. The van der Waals surface area contributed by atoms with Gasteiger partial charge >= 0.3 is 5.97 Å². The summed E-state index contributed by atoms with van der Waals surface area (Å²) in [6, 6.07) is 5.89. The van der Waals surface area contributed by atoms with E-state index in [4.69, 9.17) is 10.7 Å². The zero-order valence-corrected chi connectivity index (χ0v) is 15.1. The predicted molar refractivity (Wildman–Crippen MR) is 96.2 cm³/mol. The Hall–Kier alpha value is -1.69. The second-order valence-corrected chi connectivity index (χ2v) is 8.36. The van der Waals surface area contributed by atoms with Gasteiger partial charge in [-0.3, -0.25) is 4.84 Å². The summed E-state index contributed by atoms with van der Waals surface area (Å²) in [5.41, 5.74) is 4.65. The summed E-state index contributed by atoms with van der Waals surface area (Å²) in [6.45, 7) is 6.74. The van der Waals surface area contributed by atoms with Crippen LogP contribution in [0.25, 0.3) is 10.4 Å². The van der Waals surface area contributed by atoms with E-state index >= 15 is 0 Å². The summed E-state index contributed by atoms with van der Waals surface area (Å²) < 4.78 is 0. The van der Waals surface area contributed by atoms with Crippen molar-refractivity contribution in [3.8, 4) is 10.4 Å². The van der Waals surface area contributed by atoms with Gasteiger partial charge in [-0.15, -0.1) is 11.3 Å². The number of nitrogens with two attached hydrogens (primary N) is 1. The van der Waals surface area contributed by atoms with E-state index in [2.05, 4.69) is 13.8 Å². The molecule has 5 heteroatoms. The molecule has 1 aromatic heterocycles. The van der Waals surface area contributed by atoms with Crippen molar-refractivity contribution in [3.05, 3.63) is 45.3 Å². The number of aryl methyl sites for hydroxylation is 1. The van der Waals surface area contributed by atoms with Crippen molar-refractivity contribution in [2.45, 2.75) is 46.6 Å². The largest absolute Gasteiger partial charge is 0.478 e. The van der Waals surface area contributed by atoms with Gasteiger partial charge in [0.15, 0.2) is 0 Å². The van der Waals surface area contributed by atoms with E-state index in [1.165, 1.54) is 4.88 Å². The number of thiophene rings is 1. The second-order valence-electron chi connectivity index (χ2n) is 7.25. The third-order valence-electron chi connectivity index (χ3n) is 4.92. The summed E-state index contributed by atoms with van der Waals surface area (Å²) in [6.07, 6.45) is 2.88. The van der Waals surface area contributed by atoms with Gasteiger partial charge in [0.2, 0.25) is 0 Å². The maximum Gasteiger partial charge on any atom is 0.337 e. The Morgan fingerprint density at radius 3 is 2.83 bits per heavy atom. The second kappa shape index (κ2) is 6.31. The highest BCUT2D eigenvalue weighted by molar-refractivity contribution is 7.16. The Morgan fingerprint density at radius 1 is 1.42 bits per heavy atom. The standard InChI is InChI=1S/C19H23NO3S/c1-11-12(10-23-20)5-4-6-13(11)17-16(18(21)22)14-9-19(2,3)8-7-15(14)24-17/h4-6H,7-10,20H2,1-3H3,(H,21,22). The minimum absolute atomic E-state index is 0.153. The number of carboxylic acid groups (broad SMARTS) is 1. The number of rotatable bonds is 4. The average molecular weight is 345 g/mol. The van der Waals surface area contributed by atoms with Gasteiger partial charge in [-0.2, -0.15) is 0 Å². The van der Waals surface area contributed by atoms with Crippen LogP contribution in [0.5, 0.6) is 0 Å². The monoisotopic (exact) mass is 345 g/mol. The topological polar surface area (TPSA) is 72.5 Å². The summed E-state index contributed by atoms with van der Waals surface area (Å²) >= 11 is 1.63. The lowest BCUT2D eigenvalue weighted by atomic mass is 9.76. The van der Waals surface area contributed by atoms with Crippen molar-refractivity contribution in [2.24, 2.45) is 11.3 Å². The molecule has 0 fully saturated rings. The first-order valence-electron chi connectivity index (χ1n) is 8.12. The number of carboxylic acids is 1. The van der Waals surface area contributed by atoms with Gasteiger partial charge in [-0.25, -0.2) is 10.7 Å². The molecule has 4 nitrogen and oxygen atoms in total. The molecule has 3 N–H and O–H groups in total. The highest BCUT2D eigenvalue weighted by atomic mass is 32.1. The van der Waals surface area contributed by atoms with Gasteiger partial charge in [-0.1, -0.05) is 32.0 Å². The van der Waals surface area contributed by atoms with Crippen molar-refractivity contribution in [1.82, 2.24) is 0 Å². The minimum atomic E-state index is -0.833. The fourth-order valence-electron chi connectivity index (χ4n) is 3.51. The molecular weight excluding hydrogens is 322 g/mol. The molecule has 1 aliphatic rings. The van der Waals surface area contributed by atoms with Crippen LogP contribution in [0.1, 0.15) is 52.2 Å². The first kappa shape index (κ1) is 17.1. The summed E-state index contributed by atoms with van der Waals surface area (Å²) in [4.78, 5) is 18.9. The lowest BCUT2D eigenvalue weighted by molar-refractivity contribution is 0.0696. The highest BCUT2D eigenvalue weighted by Crippen LogP contribution is 2.45. The van der Waals surface area contributed by atoms with Gasteiger partial charge in [0.25, 0.3) is 0 Å². The normalized spacial score (nSPS) is 16.0. The Balaban J connectivity index is 2.18. The van der Waals surface area contributed by atoms with Crippen LogP contribution in [0.2, 0.25) is 0 Å². The quantitative estimate of drug-likeness (QED) is 0.809. The fraction of sp³-hybridized carbons (Fsp3) is 0.421. The Labute approximate surface area is 146 Å². The van der Waals surface area contributed by atoms with Crippen LogP contribution in [-0.4, -0.2) is 11.1 Å². The molecule has 0 saturated carbocycles. The van der Waals surface area contributed by atoms with E-state index in [1.54, 1.807) is 11.3 Å². The van der Waals surface area contributed by atoms with Crippen molar-refractivity contribution < 1.29 is 14.7 Å². The molecule has 1 heterocycles. The molecule has 2 aromatic rings. The van der Waals surface area contributed by atoms with E-state index in [-0.39, 0.29) is 5.41 Å². The minimum Gasteiger partial charge on any atom is -0.478 e. The van der Waals surface area contributed by atoms with Gasteiger partial charge in [0, 0.05) is 9.75 Å². The number of hydrogen-bond donors (Lipinski definition) is 2. The number of aromatic carboxylic acids is 1. The Bertz CT molecular complexity index is 792. The number of hydrogen-bond acceptors (Lipinski definition) is 4. The highest BCUT2D eigenvalue weighted by Gasteiger charge is 2.33. The van der Waals surface area contributed by atoms with Crippen LogP contribution in [0.3, 0.4) is 0 Å². The predicted octanol–water partition coefficient (Wildman–Crippen LogP) is 4.33. The van der Waals surface area contributed by atoms with E-state index in [0.717, 1.165) is 46.4 Å². The average Bonchev–Trinajstić information content (AvgIpc) is 2.86. The van der Waals surface area contributed by atoms with Crippen LogP contribution in [0.15, 0.2) is 18.2 Å². The first-order chi connectivity index (χ1) is 11.3. The lowest BCUT2D eigenvalue weighted by Crippen LogP contribution is -2.22. The smallest absolute Gasteiger partial charge is 0.337 e. The van der Waals surface area contributed by atoms with Crippen molar-refractivity contribution in [3.63, 3.8) is 0 Å². The SMILES string of the molecule is Cc1c(CON)cccc1-c1sc2c(c1C(=O)O)CC(C)(C)CC2. The zero-order valence-electron chi connectivity index (χ0n) is 14.3. The van der Waals surface area contributed by atoms with Crippen molar-refractivity contribution in [1.29, 1.82) is 0 Å². The van der Waals surface area contributed by atoms with Crippen LogP contribution in [0.4, 0.5) is 0 Å². The summed E-state index contributed by atoms with van der Waals surface area (Å²) in [7, 11) is 0. The van der Waals surface area contributed by atoms with Gasteiger partial charge in [0.05, 0.1) is 12.2 Å². The number of carbonyl (C=O) groups is 1. The molecule has 0 atom stereocenters. The molecule has 0 unspecified atom stereocenters. The molecule has 0 aliphatic heterocycles. The van der Waals surface area contributed by atoms with Crippen molar-refractivity contribution >= 4 is 17.3 Å². The molecule has 0 saturated heterocycles. The number of fused-ring (bicyclic) bond motifs is 1. The molecule has 1 aromatic carbocycles. The lowest BCUT2D eigenvalue weighted by Gasteiger charge is -2.29. The fourth-order valence-corrected chi connectivity index (χ4v) is 4.90. The van der Waals surface area contributed by atoms with Gasteiger partial charge < -0.3 is 5.11 Å². The molecule has 0 radical (unpaired) electrons. The van der Waals surface area contributed by atoms with E-state index in [1.807, 2.05) is 25.1 Å². The maximum atomic E-state index is 12.0. The molecule has 3 rings (SSSR count). The van der Waals surface area contributed by atoms with Gasteiger partial charge in [-0.05, 0) is 53.9 Å². The van der Waals surface area contributed by atoms with Crippen LogP contribution < -0.4 is 5.90 Å². The molecule has 0 spiro atoms. The molecule has 1 aliphatic carbocycles.